The molecule has 0 N–H and O–H groups in total. The minimum atomic E-state index is -0.875. The van der Waals surface area contributed by atoms with Crippen LogP contribution in [0.1, 0.15) is 115 Å². The number of carbonyl (C=O) groups is 2. The summed E-state index contributed by atoms with van der Waals surface area (Å²) in [6, 6.07) is 20.7. The highest BCUT2D eigenvalue weighted by molar-refractivity contribution is 5.91. The van der Waals surface area contributed by atoms with Crippen molar-refractivity contribution < 1.29 is 33.3 Å². The maximum absolute atomic E-state index is 12.9. The Bertz CT molecular complexity index is 1280. The molecule has 0 aliphatic heterocycles. The van der Waals surface area contributed by atoms with Crippen LogP contribution < -0.4 is 23.7 Å². The fourth-order valence-corrected chi connectivity index (χ4v) is 5.03. The Labute approximate surface area is 275 Å². The molecule has 0 unspecified atom stereocenters. The number of rotatable bonds is 22. The standard InChI is InChI=1S/C39H52O7/c1-5-8-9-10-11-12-13-16-29-42-32-23-21-31(22-24-32)39(41)45-35-27-25-34(26-28-35)43-30(4)38(40)46-37-20-15-14-19-36(37)44-33(17-6-2)18-7-3/h14-15,19-28,30,33H,5-13,16-18,29H2,1-4H3/t30-/m0/s1. The van der Waals surface area contributed by atoms with Crippen molar-refractivity contribution in [1.82, 2.24) is 0 Å². The van der Waals surface area contributed by atoms with Gasteiger partial charge in [-0.15, -0.1) is 0 Å². The van der Waals surface area contributed by atoms with Gasteiger partial charge in [-0.3, -0.25) is 0 Å². The molecule has 250 valence electrons. The Kier molecular flexibility index (Phi) is 16.6. The highest BCUT2D eigenvalue weighted by Crippen LogP contribution is 2.30. The molecule has 3 aromatic rings. The predicted octanol–water partition coefficient (Wildman–Crippen LogP) is 10.1. The Hall–Kier alpha value is -4.00. The molecular formula is C39H52O7. The lowest BCUT2D eigenvalue weighted by molar-refractivity contribution is -0.141. The summed E-state index contributed by atoms with van der Waals surface area (Å²) in [7, 11) is 0. The van der Waals surface area contributed by atoms with Crippen LogP contribution in [0, 0.1) is 0 Å². The molecule has 0 aromatic heterocycles. The molecule has 7 nitrogen and oxygen atoms in total. The van der Waals surface area contributed by atoms with Gasteiger partial charge in [-0.25, -0.2) is 9.59 Å². The lowest BCUT2D eigenvalue weighted by Gasteiger charge is -2.20. The number of hydrogen-bond donors (Lipinski definition) is 0. The molecule has 0 spiro atoms. The second kappa shape index (κ2) is 20.9. The topological polar surface area (TPSA) is 80.3 Å². The molecule has 0 radical (unpaired) electrons. The van der Waals surface area contributed by atoms with Crippen molar-refractivity contribution in [2.45, 2.75) is 117 Å². The van der Waals surface area contributed by atoms with E-state index in [9.17, 15) is 9.59 Å². The SMILES string of the molecule is CCCCCCCCCCOc1ccc(C(=O)Oc2ccc(O[C@@H](C)C(=O)Oc3ccccc3OC(CCC)CCC)cc2)cc1. The first-order chi connectivity index (χ1) is 22.4. The van der Waals surface area contributed by atoms with Gasteiger partial charge in [-0.1, -0.05) is 90.7 Å². The number of ether oxygens (including phenoxy) is 5. The third kappa shape index (κ3) is 13.2. The summed E-state index contributed by atoms with van der Waals surface area (Å²) in [5.41, 5.74) is 0.427. The molecule has 1 atom stereocenters. The minimum Gasteiger partial charge on any atom is -0.494 e. The van der Waals surface area contributed by atoms with E-state index < -0.39 is 18.0 Å². The van der Waals surface area contributed by atoms with Crippen LogP contribution in [-0.4, -0.2) is 30.8 Å². The molecule has 3 rings (SSSR count). The molecular weight excluding hydrogens is 580 g/mol. The summed E-state index contributed by atoms with van der Waals surface area (Å²) < 4.78 is 29.0. The van der Waals surface area contributed by atoms with E-state index in [1.54, 1.807) is 67.6 Å². The summed E-state index contributed by atoms with van der Waals surface area (Å²) in [6.07, 6.45) is 13.1. The van der Waals surface area contributed by atoms with E-state index >= 15 is 0 Å². The van der Waals surface area contributed by atoms with Crippen LogP contribution in [0.5, 0.6) is 28.7 Å². The van der Waals surface area contributed by atoms with Gasteiger partial charge in [0.25, 0.3) is 0 Å². The third-order valence-electron chi connectivity index (χ3n) is 7.61. The van der Waals surface area contributed by atoms with Crippen LogP contribution in [0.15, 0.2) is 72.8 Å². The Balaban J connectivity index is 1.42. The van der Waals surface area contributed by atoms with Gasteiger partial charge in [0.1, 0.15) is 17.2 Å². The Morgan fingerprint density at radius 2 is 1.15 bits per heavy atom. The van der Waals surface area contributed by atoms with Gasteiger partial charge >= 0.3 is 11.9 Å². The predicted molar refractivity (Wildman–Crippen MR) is 182 cm³/mol. The van der Waals surface area contributed by atoms with Crippen molar-refractivity contribution in [3.8, 4) is 28.7 Å². The first-order valence-electron chi connectivity index (χ1n) is 17.1. The normalized spacial score (nSPS) is 11.6. The largest absolute Gasteiger partial charge is 0.494 e. The van der Waals surface area contributed by atoms with Crippen LogP contribution in [0.25, 0.3) is 0 Å². The van der Waals surface area contributed by atoms with E-state index in [4.69, 9.17) is 23.7 Å². The van der Waals surface area contributed by atoms with Crippen molar-refractivity contribution in [3.63, 3.8) is 0 Å². The molecule has 0 saturated heterocycles. The fraction of sp³-hybridized carbons (Fsp3) is 0.487. The molecule has 3 aromatic carbocycles. The summed E-state index contributed by atoms with van der Waals surface area (Å²) in [5.74, 6) is 1.44. The number of benzene rings is 3. The van der Waals surface area contributed by atoms with Crippen LogP contribution in [-0.2, 0) is 4.79 Å². The highest BCUT2D eigenvalue weighted by atomic mass is 16.6. The number of para-hydroxylation sites is 2. The molecule has 0 heterocycles. The summed E-state index contributed by atoms with van der Waals surface area (Å²) in [4.78, 5) is 25.5. The molecule has 7 heteroatoms. The molecule has 0 aliphatic carbocycles. The van der Waals surface area contributed by atoms with Crippen molar-refractivity contribution in [3.05, 3.63) is 78.4 Å². The second-order valence-electron chi connectivity index (χ2n) is 11.7. The number of esters is 2. The van der Waals surface area contributed by atoms with Crippen molar-refractivity contribution in [2.75, 3.05) is 6.61 Å². The number of unbranched alkanes of at least 4 members (excludes halogenated alkanes) is 7. The first kappa shape index (κ1) is 36.5. The lowest BCUT2D eigenvalue weighted by atomic mass is 10.1. The first-order valence-corrected chi connectivity index (χ1v) is 17.1. The maximum atomic E-state index is 12.9. The smallest absolute Gasteiger partial charge is 0.352 e. The summed E-state index contributed by atoms with van der Waals surface area (Å²) in [5, 5.41) is 0. The zero-order valence-corrected chi connectivity index (χ0v) is 28.1. The molecule has 0 bridgehead atoms. The van der Waals surface area contributed by atoms with Crippen LogP contribution in [0.3, 0.4) is 0 Å². The maximum Gasteiger partial charge on any atom is 0.352 e. The van der Waals surface area contributed by atoms with E-state index in [1.807, 2.05) is 12.1 Å². The fourth-order valence-electron chi connectivity index (χ4n) is 5.03. The second-order valence-corrected chi connectivity index (χ2v) is 11.7. The molecule has 46 heavy (non-hydrogen) atoms. The lowest BCUT2D eigenvalue weighted by Crippen LogP contribution is -2.28. The van der Waals surface area contributed by atoms with Crippen LogP contribution >= 0.6 is 0 Å². The van der Waals surface area contributed by atoms with Gasteiger partial charge in [0.15, 0.2) is 17.6 Å². The van der Waals surface area contributed by atoms with Gasteiger partial charge in [0, 0.05) is 0 Å². The average Bonchev–Trinajstić information content (AvgIpc) is 3.06. The van der Waals surface area contributed by atoms with Crippen LogP contribution in [0.2, 0.25) is 0 Å². The zero-order chi connectivity index (χ0) is 33.0. The van der Waals surface area contributed by atoms with Gasteiger partial charge in [0.2, 0.25) is 0 Å². The van der Waals surface area contributed by atoms with Gasteiger partial charge in [0.05, 0.1) is 18.3 Å². The summed E-state index contributed by atoms with van der Waals surface area (Å²) >= 11 is 0. The Morgan fingerprint density at radius 3 is 1.78 bits per heavy atom. The van der Waals surface area contributed by atoms with E-state index in [0.29, 0.717) is 35.2 Å². The van der Waals surface area contributed by atoms with Gasteiger partial charge in [-0.05, 0) is 86.8 Å². The number of carbonyl (C=O) groups excluding carboxylic acids is 2. The molecule has 0 saturated carbocycles. The average molecular weight is 633 g/mol. The van der Waals surface area contributed by atoms with Crippen molar-refractivity contribution in [1.29, 1.82) is 0 Å². The molecule has 0 amide bonds. The zero-order valence-electron chi connectivity index (χ0n) is 28.1. The summed E-state index contributed by atoms with van der Waals surface area (Å²) in [6.45, 7) is 8.78. The quantitative estimate of drug-likeness (QED) is 0.0619. The third-order valence-corrected chi connectivity index (χ3v) is 7.61. The van der Waals surface area contributed by atoms with Crippen molar-refractivity contribution >= 4 is 11.9 Å². The molecule has 0 fully saturated rings. The monoisotopic (exact) mass is 632 g/mol. The number of hydrogen-bond acceptors (Lipinski definition) is 7. The van der Waals surface area contributed by atoms with Gasteiger partial charge in [-0.2, -0.15) is 0 Å². The van der Waals surface area contributed by atoms with E-state index in [1.165, 1.54) is 44.9 Å². The van der Waals surface area contributed by atoms with Crippen molar-refractivity contribution in [2.24, 2.45) is 0 Å². The van der Waals surface area contributed by atoms with E-state index in [-0.39, 0.29) is 6.10 Å². The molecule has 0 aliphatic rings. The van der Waals surface area contributed by atoms with Gasteiger partial charge < -0.3 is 23.7 Å². The van der Waals surface area contributed by atoms with E-state index in [2.05, 4.69) is 20.8 Å². The van der Waals surface area contributed by atoms with Crippen LogP contribution in [0.4, 0.5) is 0 Å². The highest BCUT2D eigenvalue weighted by Gasteiger charge is 2.21. The minimum absolute atomic E-state index is 0.0684. The Morgan fingerprint density at radius 1 is 0.587 bits per heavy atom. The van der Waals surface area contributed by atoms with E-state index in [0.717, 1.165) is 37.9 Å².